The van der Waals surface area contributed by atoms with Crippen LogP contribution >= 0.6 is 0 Å². The summed E-state index contributed by atoms with van der Waals surface area (Å²) in [5.41, 5.74) is -0.100. The number of allylic oxidation sites excluding steroid dienone is 2. The van der Waals surface area contributed by atoms with E-state index in [9.17, 15) is 9.59 Å². The van der Waals surface area contributed by atoms with E-state index < -0.39 is 17.4 Å². The molecule has 1 atom stereocenters. The first-order chi connectivity index (χ1) is 7.43. The first kappa shape index (κ1) is 10.6. The van der Waals surface area contributed by atoms with Gasteiger partial charge in [0.05, 0.1) is 6.42 Å². The molecule has 2 aliphatic rings. The molecule has 5 heteroatoms. The molecular weight excluding hydrogens is 208 g/mol. The highest BCUT2D eigenvalue weighted by atomic mass is 16.4. The van der Waals surface area contributed by atoms with Crippen molar-refractivity contribution in [3.8, 4) is 0 Å². The zero-order valence-electron chi connectivity index (χ0n) is 9.10. The summed E-state index contributed by atoms with van der Waals surface area (Å²) in [6, 6.07) is 0. The molecule has 0 radical (unpaired) electrons. The van der Waals surface area contributed by atoms with Gasteiger partial charge in [-0.15, -0.1) is 0 Å². The van der Waals surface area contributed by atoms with E-state index >= 15 is 0 Å². The number of carbonyl (C=O) groups is 2. The summed E-state index contributed by atoms with van der Waals surface area (Å²) < 4.78 is 0. The molecule has 1 amide bonds. The number of hydrogen-bond acceptors (Lipinski definition) is 3. The third-order valence-electron chi connectivity index (χ3n) is 2.79. The number of fused-ring (bicyclic) bond motifs is 1. The Balaban J connectivity index is 2.37. The Labute approximate surface area is 92.8 Å². The van der Waals surface area contributed by atoms with Crippen molar-refractivity contribution in [2.45, 2.75) is 25.8 Å². The quantitative estimate of drug-likeness (QED) is 0.751. The van der Waals surface area contributed by atoms with E-state index in [1.54, 1.807) is 24.1 Å². The summed E-state index contributed by atoms with van der Waals surface area (Å²) in [4.78, 5) is 28.0. The van der Waals surface area contributed by atoms with Gasteiger partial charge in [0, 0.05) is 6.20 Å². The van der Waals surface area contributed by atoms with Crippen LogP contribution in [0.3, 0.4) is 0 Å². The Hall–Kier alpha value is -1.91. The van der Waals surface area contributed by atoms with Gasteiger partial charge in [-0.1, -0.05) is 0 Å². The van der Waals surface area contributed by atoms with Gasteiger partial charge < -0.3 is 10.0 Å². The zero-order valence-corrected chi connectivity index (χ0v) is 9.10. The SMILES string of the molecule is CC1=CC2=NC(=O)C(C)(CC(=O)O)N2C=C1. The topological polar surface area (TPSA) is 70.0 Å². The highest BCUT2D eigenvalue weighted by Crippen LogP contribution is 2.31. The second-order valence-corrected chi connectivity index (χ2v) is 4.19. The molecule has 2 aliphatic heterocycles. The van der Waals surface area contributed by atoms with Crippen LogP contribution in [-0.4, -0.2) is 33.3 Å². The van der Waals surface area contributed by atoms with Gasteiger partial charge in [0.25, 0.3) is 5.91 Å². The maximum atomic E-state index is 11.7. The number of aliphatic imine (C=N–C) groups is 1. The number of carboxylic acid groups (broad SMARTS) is 1. The van der Waals surface area contributed by atoms with Gasteiger partial charge in [0.15, 0.2) is 0 Å². The second kappa shape index (κ2) is 3.30. The van der Waals surface area contributed by atoms with Gasteiger partial charge in [0.1, 0.15) is 11.4 Å². The van der Waals surface area contributed by atoms with Crippen molar-refractivity contribution in [3.63, 3.8) is 0 Å². The Kier molecular flexibility index (Phi) is 2.18. The molecule has 0 bridgehead atoms. The van der Waals surface area contributed by atoms with E-state index in [1.807, 2.05) is 13.0 Å². The van der Waals surface area contributed by atoms with Crippen molar-refractivity contribution in [2.24, 2.45) is 4.99 Å². The van der Waals surface area contributed by atoms with Crippen molar-refractivity contribution < 1.29 is 14.7 Å². The number of amides is 1. The standard InChI is InChI=1S/C11H12N2O3/c1-7-3-4-13-8(5-7)12-10(16)11(13,2)6-9(14)15/h3-5H,6H2,1-2H3,(H,14,15). The molecule has 1 N–H and O–H groups in total. The van der Waals surface area contributed by atoms with Crippen LogP contribution in [0.1, 0.15) is 20.3 Å². The van der Waals surface area contributed by atoms with Crippen molar-refractivity contribution in [2.75, 3.05) is 0 Å². The van der Waals surface area contributed by atoms with Gasteiger partial charge in [-0.3, -0.25) is 9.59 Å². The molecule has 5 nitrogen and oxygen atoms in total. The van der Waals surface area contributed by atoms with Gasteiger partial charge in [0.2, 0.25) is 0 Å². The maximum absolute atomic E-state index is 11.7. The van der Waals surface area contributed by atoms with E-state index in [0.29, 0.717) is 5.84 Å². The molecular formula is C11H12N2O3. The lowest BCUT2D eigenvalue weighted by atomic mass is 9.95. The lowest BCUT2D eigenvalue weighted by Crippen LogP contribution is -2.48. The Bertz CT molecular complexity index is 462. The fourth-order valence-corrected chi connectivity index (χ4v) is 1.88. The van der Waals surface area contributed by atoms with Crippen LogP contribution in [0.25, 0.3) is 0 Å². The molecule has 0 fully saturated rings. The summed E-state index contributed by atoms with van der Waals surface area (Å²) in [5.74, 6) is -0.888. The van der Waals surface area contributed by atoms with E-state index in [0.717, 1.165) is 5.57 Å². The van der Waals surface area contributed by atoms with E-state index in [1.165, 1.54) is 0 Å². The minimum atomic E-state index is -1.09. The molecule has 16 heavy (non-hydrogen) atoms. The van der Waals surface area contributed by atoms with Gasteiger partial charge >= 0.3 is 5.97 Å². The molecule has 0 saturated heterocycles. The van der Waals surface area contributed by atoms with E-state index in [2.05, 4.69) is 4.99 Å². The maximum Gasteiger partial charge on any atom is 0.306 e. The summed E-state index contributed by atoms with van der Waals surface area (Å²) in [6.07, 6.45) is 5.06. The largest absolute Gasteiger partial charge is 0.481 e. The number of carbonyl (C=O) groups excluding carboxylic acids is 1. The zero-order chi connectivity index (χ0) is 11.9. The molecule has 0 aromatic rings. The number of carboxylic acids is 1. The lowest BCUT2D eigenvalue weighted by Gasteiger charge is -2.32. The van der Waals surface area contributed by atoms with E-state index in [4.69, 9.17) is 5.11 Å². The summed E-state index contributed by atoms with van der Waals surface area (Å²) in [5, 5.41) is 8.83. The minimum absolute atomic E-state index is 0.254. The Morgan fingerprint density at radius 2 is 2.31 bits per heavy atom. The highest BCUT2D eigenvalue weighted by molar-refractivity contribution is 6.13. The molecule has 0 spiro atoms. The molecule has 0 aromatic heterocycles. The fourth-order valence-electron chi connectivity index (χ4n) is 1.88. The van der Waals surface area contributed by atoms with Crippen LogP contribution in [-0.2, 0) is 9.59 Å². The molecule has 2 heterocycles. The first-order valence-corrected chi connectivity index (χ1v) is 4.94. The van der Waals surface area contributed by atoms with Crippen molar-refractivity contribution in [1.29, 1.82) is 0 Å². The number of hydrogen-bond donors (Lipinski definition) is 1. The van der Waals surface area contributed by atoms with Crippen LogP contribution in [0.5, 0.6) is 0 Å². The van der Waals surface area contributed by atoms with Gasteiger partial charge in [-0.2, -0.15) is 4.99 Å². The molecule has 0 aliphatic carbocycles. The predicted molar refractivity (Wildman–Crippen MR) is 57.8 cm³/mol. The fraction of sp³-hybridized carbons (Fsp3) is 0.364. The second-order valence-electron chi connectivity index (χ2n) is 4.19. The Morgan fingerprint density at radius 1 is 1.62 bits per heavy atom. The predicted octanol–water partition coefficient (Wildman–Crippen LogP) is 0.934. The Morgan fingerprint density at radius 3 is 2.94 bits per heavy atom. The molecule has 84 valence electrons. The van der Waals surface area contributed by atoms with Crippen molar-refractivity contribution in [3.05, 3.63) is 23.9 Å². The normalized spacial score (nSPS) is 27.6. The van der Waals surface area contributed by atoms with Crippen LogP contribution < -0.4 is 0 Å². The monoisotopic (exact) mass is 220 g/mol. The first-order valence-electron chi connectivity index (χ1n) is 4.94. The van der Waals surface area contributed by atoms with Crippen LogP contribution in [0.4, 0.5) is 0 Å². The van der Waals surface area contributed by atoms with Crippen LogP contribution in [0, 0.1) is 0 Å². The van der Waals surface area contributed by atoms with E-state index in [-0.39, 0.29) is 6.42 Å². The number of amidine groups is 1. The van der Waals surface area contributed by atoms with Gasteiger partial charge in [-0.05, 0) is 31.6 Å². The third-order valence-corrected chi connectivity index (χ3v) is 2.79. The molecule has 2 rings (SSSR count). The van der Waals surface area contributed by atoms with Gasteiger partial charge in [-0.25, -0.2) is 0 Å². The molecule has 0 aromatic carbocycles. The average Bonchev–Trinajstić information content (AvgIpc) is 2.37. The smallest absolute Gasteiger partial charge is 0.306 e. The number of rotatable bonds is 2. The summed E-state index contributed by atoms with van der Waals surface area (Å²) >= 11 is 0. The third kappa shape index (κ3) is 1.44. The van der Waals surface area contributed by atoms with Crippen LogP contribution in [0.15, 0.2) is 28.9 Å². The van der Waals surface area contributed by atoms with Crippen molar-refractivity contribution >= 4 is 17.7 Å². The molecule has 1 unspecified atom stereocenters. The number of nitrogens with zero attached hydrogens (tertiary/aromatic N) is 2. The van der Waals surface area contributed by atoms with Crippen LogP contribution in [0.2, 0.25) is 0 Å². The minimum Gasteiger partial charge on any atom is -0.481 e. The summed E-state index contributed by atoms with van der Waals surface area (Å²) in [7, 11) is 0. The number of aliphatic carboxylic acids is 1. The molecule has 0 saturated carbocycles. The summed E-state index contributed by atoms with van der Waals surface area (Å²) in [6.45, 7) is 3.49. The highest BCUT2D eigenvalue weighted by Gasteiger charge is 2.47. The lowest BCUT2D eigenvalue weighted by molar-refractivity contribution is -0.142. The van der Waals surface area contributed by atoms with Crippen molar-refractivity contribution in [1.82, 2.24) is 4.90 Å². The average molecular weight is 220 g/mol.